The lowest BCUT2D eigenvalue weighted by atomic mass is 10.2. The fraction of sp³-hybridized carbons (Fsp3) is 0.286. The van der Waals surface area contributed by atoms with Crippen molar-refractivity contribution in [1.82, 2.24) is 9.62 Å². The number of rotatable bonds is 6. The van der Waals surface area contributed by atoms with Gasteiger partial charge in [0.05, 0.1) is 23.9 Å². The van der Waals surface area contributed by atoms with Gasteiger partial charge in [-0.3, -0.25) is 4.79 Å². The Morgan fingerprint density at radius 1 is 1.38 bits per heavy atom. The summed E-state index contributed by atoms with van der Waals surface area (Å²) in [5, 5.41) is 8.49. The summed E-state index contributed by atoms with van der Waals surface area (Å²) in [5.74, 6) is 1.91. The van der Waals surface area contributed by atoms with Crippen LogP contribution in [0.4, 0.5) is 0 Å². The predicted molar refractivity (Wildman–Crippen MR) is 77.7 cm³/mol. The molecule has 1 rings (SSSR count). The summed E-state index contributed by atoms with van der Waals surface area (Å²) in [6.07, 6.45) is 5.24. The minimum atomic E-state index is -3.66. The molecule has 7 heteroatoms. The Hall–Kier alpha value is -2.35. The topological polar surface area (TPSA) is 90.3 Å². The molecule has 21 heavy (non-hydrogen) atoms. The maximum atomic E-state index is 12.0. The highest BCUT2D eigenvalue weighted by atomic mass is 32.2. The molecule has 1 N–H and O–H groups in total. The third-order valence-electron chi connectivity index (χ3n) is 2.68. The van der Waals surface area contributed by atoms with Crippen LogP contribution in [-0.4, -0.2) is 39.4 Å². The zero-order valence-electron chi connectivity index (χ0n) is 11.5. The Bertz CT molecular complexity index is 682. The average molecular weight is 305 g/mol. The molecule has 0 aliphatic rings. The van der Waals surface area contributed by atoms with Gasteiger partial charge < -0.3 is 4.90 Å². The van der Waals surface area contributed by atoms with Crippen LogP contribution < -0.4 is 4.72 Å². The highest BCUT2D eigenvalue weighted by Crippen LogP contribution is 2.12. The van der Waals surface area contributed by atoms with Crippen LogP contribution in [0.2, 0.25) is 0 Å². The molecule has 0 aromatic heterocycles. The molecule has 110 valence electrons. The van der Waals surface area contributed by atoms with Crippen LogP contribution >= 0.6 is 0 Å². The van der Waals surface area contributed by atoms with Crippen LogP contribution in [0.15, 0.2) is 29.2 Å². The maximum Gasteiger partial charge on any atom is 0.253 e. The van der Waals surface area contributed by atoms with Gasteiger partial charge >= 0.3 is 0 Å². The third kappa shape index (κ3) is 4.60. The van der Waals surface area contributed by atoms with E-state index in [9.17, 15) is 13.2 Å². The summed E-state index contributed by atoms with van der Waals surface area (Å²) in [6, 6.07) is 7.48. The number of sulfonamides is 1. The summed E-state index contributed by atoms with van der Waals surface area (Å²) in [5.41, 5.74) is 0.353. The van der Waals surface area contributed by atoms with E-state index in [0.29, 0.717) is 12.1 Å². The van der Waals surface area contributed by atoms with Gasteiger partial charge in [-0.2, -0.15) is 9.98 Å². The first-order valence-electron chi connectivity index (χ1n) is 6.08. The second-order valence-corrected chi connectivity index (χ2v) is 5.95. The van der Waals surface area contributed by atoms with Crippen molar-refractivity contribution < 1.29 is 13.2 Å². The Labute approximate surface area is 124 Å². The fourth-order valence-electron chi connectivity index (χ4n) is 1.54. The molecule has 0 saturated heterocycles. The average Bonchev–Trinajstić information content (AvgIpc) is 2.50. The lowest BCUT2D eigenvalue weighted by Crippen LogP contribution is -2.28. The fourth-order valence-corrected chi connectivity index (χ4v) is 2.47. The summed E-state index contributed by atoms with van der Waals surface area (Å²) < 4.78 is 25.8. The lowest BCUT2D eigenvalue weighted by molar-refractivity contribution is 0.0798. The molecule has 0 spiro atoms. The van der Waals surface area contributed by atoms with Gasteiger partial charge in [0, 0.05) is 19.2 Å². The van der Waals surface area contributed by atoms with Crippen LogP contribution in [0.1, 0.15) is 16.8 Å². The molecule has 0 atom stereocenters. The first-order chi connectivity index (χ1) is 9.92. The van der Waals surface area contributed by atoms with Crippen molar-refractivity contribution in [3.05, 3.63) is 29.8 Å². The molecule has 0 fully saturated rings. The largest absolute Gasteiger partial charge is 0.341 e. The third-order valence-corrected chi connectivity index (χ3v) is 4.10. The van der Waals surface area contributed by atoms with Crippen molar-refractivity contribution >= 4 is 15.9 Å². The number of nitrogens with zero attached hydrogens (tertiary/aromatic N) is 2. The first kappa shape index (κ1) is 16.7. The normalized spacial score (nSPS) is 10.4. The zero-order chi connectivity index (χ0) is 15.9. The van der Waals surface area contributed by atoms with E-state index in [-0.39, 0.29) is 23.8 Å². The van der Waals surface area contributed by atoms with Crippen molar-refractivity contribution in [2.75, 3.05) is 20.1 Å². The predicted octanol–water partition coefficient (Wildman–Crippen LogP) is 0.584. The second-order valence-electron chi connectivity index (χ2n) is 4.19. The standard InChI is InChI=1S/C14H15N3O3S/c1-3-10-16-21(19,20)13-7-5-12(6-8-13)14(18)17(2)11-4-9-15/h1,5-8,16H,4,10-11H2,2H3. The molecule has 0 radical (unpaired) electrons. The summed E-state index contributed by atoms with van der Waals surface area (Å²) >= 11 is 0. The van der Waals surface area contributed by atoms with Crippen molar-refractivity contribution in [2.24, 2.45) is 0 Å². The van der Waals surface area contributed by atoms with Crippen LogP contribution in [0.25, 0.3) is 0 Å². The molecular weight excluding hydrogens is 290 g/mol. The van der Waals surface area contributed by atoms with E-state index >= 15 is 0 Å². The number of nitriles is 1. The van der Waals surface area contributed by atoms with E-state index in [1.165, 1.54) is 29.2 Å². The molecule has 1 amide bonds. The Balaban J connectivity index is 2.86. The number of terminal acetylenes is 1. The number of hydrogen-bond acceptors (Lipinski definition) is 4. The Morgan fingerprint density at radius 3 is 2.52 bits per heavy atom. The molecule has 0 unspecified atom stereocenters. The maximum absolute atomic E-state index is 12.0. The Morgan fingerprint density at radius 2 is 2.00 bits per heavy atom. The number of carbonyl (C=O) groups excluding carboxylic acids is 1. The number of hydrogen-bond donors (Lipinski definition) is 1. The van der Waals surface area contributed by atoms with Crippen LogP contribution in [0.5, 0.6) is 0 Å². The molecular formula is C14H15N3O3S. The quantitative estimate of drug-likeness (QED) is 0.779. The first-order valence-corrected chi connectivity index (χ1v) is 7.56. The number of nitrogens with one attached hydrogen (secondary N) is 1. The van der Waals surface area contributed by atoms with Gasteiger partial charge in [0.1, 0.15) is 0 Å². The van der Waals surface area contributed by atoms with E-state index in [0.717, 1.165) is 0 Å². The van der Waals surface area contributed by atoms with Crippen LogP contribution in [-0.2, 0) is 10.0 Å². The minimum Gasteiger partial charge on any atom is -0.341 e. The monoisotopic (exact) mass is 305 g/mol. The lowest BCUT2D eigenvalue weighted by Gasteiger charge is -2.15. The molecule has 0 aliphatic heterocycles. The van der Waals surface area contributed by atoms with Crippen molar-refractivity contribution in [3.8, 4) is 18.4 Å². The second kappa shape index (κ2) is 7.44. The SMILES string of the molecule is C#CCNS(=O)(=O)c1ccc(C(=O)N(C)CCC#N)cc1. The van der Waals surface area contributed by atoms with Gasteiger partial charge in [0.15, 0.2) is 0 Å². The van der Waals surface area contributed by atoms with Gasteiger partial charge in [-0.25, -0.2) is 8.42 Å². The molecule has 0 bridgehead atoms. The van der Waals surface area contributed by atoms with E-state index in [1.807, 2.05) is 6.07 Å². The van der Waals surface area contributed by atoms with Crippen molar-refractivity contribution in [3.63, 3.8) is 0 Å². The molecule has 0 aliphatic carbocycles. The van der Waals surface area contributed by atoms with E-state index < -0.39 is 10.0 Å². The molecule has 0 heterocycles. The van der Waals surface area contributed by atoms with Crippen LogP contribution in [0, 0.1) is 23.7 Å². The smallest absolute Gasteiger partial charge is 0.253 e. The molecule has 1 aromatic carbocycles. The zero-order valence-corrected chi connectivity index (χ0v) is 12.4. The molecule has 1 aromatic rings. The Kier molecular flexibility index (Phi) is 5.92. The molecule has 0 saturated carbocycles. The van der Waals surface area contributed by atoms with Gasteiger partial charge in [0.25, 0.3) is 5.91 Å². The van der Waals surface area contributed by atoms with Gasteiger partial charge in [0.2, 0.25) is 10.0 Å². The summed E-state index contributed by atoms with van der Waals surface area (Å²) in [4.78, 5) is 13.5. The van der Waals surface area contributed by atoms with Crippen LogP contribution in [0.3, 0.4) is 0 Å². The van der Waals surface area contributed by atoms with E-state index in [1.54, 1.807) is 7.05 Å². The summed E-state index contributed by atoms with van der Waals surface area (Å²) in [6.45, 7) is 0.221. The number of carbonyl (C=O) groups is 1. The summed E-state index contributed by atoms with van der Waals surface area (Å²) in [7, 11) is -2.08. The van der Waals surface area contributed by atoms with Gasteiger partial charge in [-0.05, 0) is 24.3 Å². The minimum absolute atomic E-state index is 0.0361. The van der Waals surface area contributed by atoms with E-state index in [2.05, 4.69) is 10.6 Å². The number of benzene rings is 1. The molecule has 6 nitrogen and oxygen atoms in total. The van der Waals surface area contributed by atoms with Gasteiger partial charge in [-0.1, -0.05) is 5.92 Å². The highest BCUT2D eigenvalue weighted by Gasteiger charge is 2.15. The number of amides is 1. The van der Waals surface area contributed by atoms with Gasteiger partial charge in [-0.15, -0.1) is 6.42 Å². The van der Waals surface area contributed by atoms with Crippen molar-refractivity contribution in [1.29, 1.82) is 5.26 Å². The highest BCUT2D eigenvalue weighted by molar-refractivity contribution is 7.89. The van der Waals surface area contributed by atoms with Crippen molar-refractivity contribution in [2.45, 2.75) is 11.3 Å². The van der Waals surface area contributed by atoms with E-state index in [4.69, 9.17) is 11.7 Å².